The molecule has 3 atom stereocenters. The first-order valence-electron chi connectivity index (χ1n) is 6.29. The van der Waals surface area contributed by atoms with Crippen molar-refractivity contribution in [2.45, 2.75) is 32.6 Å². The van der Waals surface area contributed by atoms with Gasteiger partial charge >= 0.3 is 5.30 Å². The van der Waals surface area contributed by atoms with E-state index in [2.05, 4.69) is 19.2 Å². The second-order valence-electron chi connectivity index (χ2n) is 4.53. The van der Waals surface area contributed by atoms with Gasteiger partial charge in [0, 0.05) is 0 Å². The zero-order valence-corrected chi connectivity index (χ0v) is 11.6. The Hall–Kier alpha value is -0.660. The molecule has 1 rings (SSSR count). The van der Waals surface area contributed by atoms with E-state index in [1.165, 1.54) is 19.3 Å². The smallest absolute Gasteiger partial charge is 0.367 e. The average Bonchev–Trinajstić information content (AvgIpc) is 2.99. The minimum atomic E-state index is -0.156. The molecular formula is C14H22O2S. The molecule has 0 bridgehead atoms. The molecule has 1 unspecified atom stereocenters. The summed E-state index contributed by atoms with van der Waals surface area (Å²) in [5.41, 5.74) is 2.81. The van der Waals surface area contributed by atoms with Crippen molar-refractivity contribution < 1.29 is 9.53 Å². The molecule has 1 saturated carbocycles. The van der Waals surface area contributed by atoms with Crippen molar-refractivity contribution in [3.05, 3.63) is 18.4 Å². The maximum absolute atomic E-state index is 11.1. The number of carbonyl (C=O) groups is 1. The van der Waals surface area contributed by atoms with Crippen molar-refractivity contribution in [3.63, 3.8) is 0 Å². The van der Waals surface area contributed by atoms with Crippen LogP contribution in [0.25, 0.3) is 0 Å². The maximum Gasteiger partial charge on any atom is 0.367 e. The zero-order valence-electron chi connectivity index (χ0n) is 10.8. The van der Waals surface area contributed by atoms with E-state index in [0.29, 0.717) is 12.5 Å². The predicted molar refractivity (Wildman–Crippen MR) is 73.2 cm³/mol. The highest BCUT2D eigenvalue weighted by atomic mass is 32.2. The van der Waals surface area contributed by atoms with E-state index < -0.39 is 0 Å². The van der Waals surface area contributed by atoms with E-state index in [0.717, 1.165) is 30.0 Å². The third-order valence-corrected chi connectivity index (χ3v) is 3.93. The van der Waals surface area contributed by atoms with Crippen molar-refractivity contribution >= 4 is 17.1 Å². The van der Waals surface area contributed by atoms with Crippen molar-refractivity contribution in [3.8, 4) is 0 Å². The molecule has 0 saturated heterocycles. The highest BCUT2D eigenvalue weighted by molar-refractivity contribution is 8.12. The lowest BCUT2D eigenvalue weighted by atomic mass is 10.1. The summed E-state index contributed by atoms with van der Waals surface area (Å²) < 4.78 is 5.21. The third-order valence-electron chi connectivity index (χ3n) is 3.48. The molecule has 1 fully saturated rings. The van der Waals surface area contributed by atoms with Gasteiger partial charge in [-0.3, -0.25) is 0 Å². The van der Waals surface area contributed by atoms with Crippen LogP contribution in [0.1, 0.15) is 32.6 Å². The molecule has 17 heavy (non-hydrogen) atoms. The lowest BCUT2D eigenvalue weighted by Gasteiger charge is -2.01. The summed E-state index contributed by atoms with van der Waals surface area (Å²) in [4.78, 5) is 11.1. The molecule has 2 nitrogen and oxygen atoms in total. The van der Waals surface area contributed by atoms with Gasteiger partial charge in [0.25, 0.3) is 0 Å². The Bertz CT molecular complexity index is 295. The monoisotopic (exact) mass is 254 g/mol. The predicted octanol–water partition coefficient (Wildman–Crippen LogP) is 4.27. The molecule has 1 aliphatic rings. The van der Waals surface area contributed by atoms with E-state index >= 15 is 0 Å². The van der Waals surface area contributed by atoms with E-state index in [4.69, 9.17) is 4.74 Å². The van der Waals surface area contributed by atoms with Gasteiger partial charge in [0.1, 0.15) is 0 Å². The second-order valence-corrected chi connectivity index (χ2v) is 5.27. The van der Waals surface area contributed by atoms with Gasteiger partial charge in [0.15, 0.2) is 0 Å². The van der Waals surface area contributed by atoms with E-state index in [1.807, 2.05) is 6.08 Å². The fourth-order valence-electron chi connectivity index (χ4n) is 2.56. The van der Waals surface area contributed by atoms with Crippen LogP contribution in [0.4, 0.5) is 4.79 Å². The molecule has 0 aliphatic heterocycles. The minimum absolute atomic E-state index is 0.156. The van der Waals surface area contributed by atoms with Gasteiger partial charge in [-0.25, -0.2) is 4.79 Å². The van der Waals surface area contributed by atoms with E-state index in [-0.39, 0.29) is 5.30 Å². The quantitative estimate of drug-likeness (QED) is 0.501. The number of allylic oxidation sites excluding steroid dienone is 1. The number of ether oxygens (including phenoxy) is 1. The largest absolute Gasteiger partial charge is 0.457 e. The first kappa shape index (κ1) is 14.4. The van der Waals surface area contributed by atoms with Crippen LogP contribution in [-0.4, -0.2) is 18.2 Å². The Balaban J connectivity index is 2.30. The van der Waals surface area contributed by atoms with Crippen LogP contribution in [0.2, 0.25) is 0 Å². The molecule has 0 spiro atoms. The molecule has 0 heterocycles. The van der Waals surface area contributed by atoms with Gasteiger partial charge in [-0.15, -0.1) is 5.73 Å². The first-order valence-corrected chi connectivity index (χ1v) is 7.52. The Morgan fingerprint density at radius 2 is 2.12 bits per heavy atom. The molecule has 0 aromatic rings. The molecule has 96 valence electrons. The van der Waals surface area contributed by atoms with Gasteiger partial charge in [0.2, 0.25) is 0 Å². The van der Waals surface area contributed by atoms with Crippen LogP contribution >= 0.6 is 11.8 Å². The number of hydrogen-bond donors (Lipinski definition) is 0. The average molecular weight is 254 g/mol. The topological polar surface area (TPSA) is 26.3 Å². The fraction of sp³-hybridized carbons (Fsp3) is 0.714. The Kier molecular flexibility index (Phi) is 6.46. The van der Waals surface area contributed by atoms with Crippen molar-refractivity contribution in [1.29, 1.82) is 0 Å². The molecule has 1 aliphatic carbocycles. The van der Waals surface area contributed by atoms with Crippen LogP contribution in [0.15, 0.2) is 18.4 Å². The van der Waals surface area contributed by atoms with Crippen molar-refractivity contribution in [2.24, 2.45) is 17.8 Å². The van der Waals surface area contributed by atoms with Crippen LogP contribution in [0, 0.1) is 17.8 Å². The number of rotatable bonds is 7. The summed E-state index contributed by atoms with van der Waals surface area (Å²) in [6.45, 7) is 6.39. The fourth-order valence-corrected chi connectivity index (χ4v) is 2.75. The molecule has 0 aromatic carbocycles. The number of thioether (sulfide) groups is 1. The van der Waals surface area contributed by atoms with Crippen LogP contribution in [-0.2, 0) is 4.74 Å². The van der Waals surface area contributed by atoms with Gasteiger partial charge in [0.05, 0.1) is 6.61 Å². The molecular weight excluding hydrogens is 232 g/mol. The molecule has 3 heteroatoms. The lowest BCUT2D eigenvalue weighted by molar-refractivity contribution is 0.165. The molecule has 0 amide bonds. The molecule has 0 radical (unpaired) electrons. The standard InChI is InChI=1S/C14H22O2S/c1-4-6-7-9-12-11(8-5-2)13(12)10-16-14(15)17-3/h6,11-13H,1,5,7-10H2,2-3H3/t11-,12+,13?/m0/s1. The highest BCUT2D eigenvalue weighted by Crippen LogP contribution is 2.52. The van der Waals surface area contributed by atoms with Gasteiger partial charge in [-0.2, -0.15) is 0 Å². The van der Waals surface area contributed by atoms with Crippen LogP contribution in [0.5, 0.6) is 0 Å². The number of hydrogen-bond acceptors (Lipinski definition) is 3. The van der Waals surface area contributed by atoms with Gasteiger partial charge < -0.3 is 4.74 Å². The summed E-state index contributed by atoms with van der Waals surface area (Å²) in [5, 5.41) is -0.156. The minimum Gasteiger partial charge on any atom is -0.457 e. The summed E-state index contributed by atoms with van der Waals surface area (Å²) in [5.74, 6) is 2.08. The van der Waals surface area contributed by atoms with E-state index in [9.17, 15) is 4.79 Å². The summed E-state index contributed by atoms with van der Waals surface area (Å²) in [6.07, 6.45) is 8.43. The van der Waals surface area contributed by atoms with E-state index in [1.54, 1.807) is 6.26 Å². The normalized spacial score (nSPS) is 26.1. The first-order chi connectivity index (χ1) is 8.24. The van der Waals surface area contributed by atoms with Gasteiger partial charge in [-0.1, -0.05) is 26.3 Å². The molecule has 0 N–H and O–H groups in total. The van der Waals surface area contributed by atoms with Crippen LogP contribution < -0.4 is 0 Å². The Labute approximate surface area is 108 Å². The summed E-state index contributed by atoms with van der Waals surface area (Å²) in [7, 11) is 0. The van der Waals surface area contributed by atoms with Crippen LogP contribution in [0.3, 0.4) is 0 Å². The zero-order chi connectivity index (χ0) is 12.7. The Morgan fingerprint density at radius 3 is 2.71 bits per heavy atom. The van der Waals surface area contributed by atoms with Crippen molar-refractivity contribution in [2.75, 3.05) is 12.9 Å². The maximum atomic E-state index is 11.1. The van der Waals surface area contributed by atoms with Gasteiger partial charge in [-0.05, 0) is 54.7 Å². The second kappa shape index (κ2) is 7.62. The summed E-state index contributed by atoms with van der Waals surface area (Å²) >= 11 is 1.15. The summed E-state index contributed by atoms with van der Waals surface area (Å²) in [6, 6.07) is 0. The SMILES string of the molecule is C=C=CCC[C@H]1C(COC(=O)SC)[C@H]1CCC. The number of carbonyl (C=O) groups excluding carboxylic acids is 1. The lowest BCUT2D eigenvalue weighted by Crippen LogP contribution is -2.02. The molecule has 0 aromatic heterocycles. The highest BCUT2D eigenvalue weighted by Gasteiger charge is 2.48. The third kappa shape index (κ3) is 4.61. The Morgan fingerprint density at radius 1 is 1.41 bits per heavy atom. The van der Waals surface area contributed by atoms with Crippen molar-refractivity contribution in [1.82, 2.24) is 0 Å².